The number of hydrogen-bond acceptors (Lipinski definition) is 7. The van der Waals surface area contributed by atoms with E-state index in [1.54, 1.807) is 32.1 Å². The van der Waals surface area contributed by atoms with E-state index in [0.717, 1.165) is 5.56 Å². The van der Waals surface area contributed by atoms with Gasteiger partial charge in [-0.05, 0) is 43.2 Å². The number of thiazole rings is 1. The van der Waals surface area contributed by atoms with E-state index in [-0.39, 0.29) is 17.9 Å². The molecule has 0 radical (unpaired) electrons. The average molecular weight is 451 g/mol. The molecule has 2 heterocycles. The molecule has 0 amide bonds. The molecule has 0 saturated carbocycles. The van der Waals surface area contributed by atoms with Crippen LogP contribution in [0, 0.1) is 0 Å². The molecule has 3 aromatic rings. The van der Waals surface area contributed by atoms with Crippen molar-refractivity contribution in [3.05, 3.63) is 90.6 Å². The van der Waals surface area contributed by atoms with Gasteiger partial charge in [0.15, 0.2) is 16.3 Å². The largest absolute Gasteiger partial charge is 0.504 e. The van der Waals surface area contributed by atoms with Crippen LogP contribution in [0.5, 0.6) is 11.5 Å². The number of aromatic nitrogens is 1. The van der Waals surface area contributed by atoms with Crippen LogP contribution >= 0.6 is 11.3 Å². The first kappa shape index (κ1) is 21.6. The van der Waals surface area contributed by atoms with Crippen LogP contribution in [0.4, 0.5) is 0 Å². The molecule has 1 aliphatic heterocycles. The lowest BCUT2D eigenvalue weighted by Gasteiger charge is -2.24. The van der Waals surface area contributed by atoms with E-state index in [1.807, 2.05) is 30.3 Å². The van der Waals surface area contributed by atoms with Crippen molar-refractivity contribution in [2.24, 2.45) is 4.99 Å². The predicted octanol–water partition coefficient (Wildman–Crippen LogP) is 2.51. The molecule has 1 aromatic heterocycles. The Morgan fingerprint density at radius 2 is 2.00 bits per heavy atom. The molecule has 0 bridgehead atoms. The molecular weight excluding hydrogens is 428 g/mol. The summed E-state index contributed by atoms with van der Waals surface area (Å²) in [6, 6.07) is 13.6. The van der Waals surface area contributed by atoms with Crippen molar-refractivity contribution in [2.75, 3.05) is 13.7 Å². The van der Waals surface area contributed by atoms with Crippen molar-refractivity contribution < 1.29 is 19.4 Å². The normalized spacial score (nSPS) is 15.8. The Hall–Kier alpha value is -3.65. The molecule has 0 saturated heterocycles. The van der Waals surface area contributed by atoms with Gasteiger partial charge >= 0.3 is 5.97 Å². The summed E-state index contributed by atoms with van der Waals surface area (Å²) >= 11 is 1.23. The first-order valence-electron chi connectivity index (χ1n) is 10.1. The van der Waals surface area contributed by atoms with E-state index in [4.69, 9.17) is 9.47 Å². The smallest absolute Gasteiger partial charge is 0.338 e. The maximum absolute atomic E-state index is 13.5. The highest BCUT2D eigenvalue weighted by molar-refractivity contribution is 7.07. The number of benzene rings is 2. The second-order valence-electron chi connectivity index (χ2n) is 7.14. The third-order valence-electron chi connectivity index (χ3n) is 5.13. The number of allylic oxidation sites excluding steroid dienone is 1. The first-order valence-corrected chi connectivity index (χ1v) is 10.9. The van der Waals surface area contributed by atoms with Crippen LogP contribution in [0.2, 0.25) is 0 Å². The third kappa shape index (κ3) is 3.85. The maximum atomic E-state index is 13.5. The Labute approximate surface area is 188 Å². The number of phenolic OH excluding ortho intramolecular Hbond substituents is 1. The fourth-order valence-electron chi connectivity index (χ4n) is 3.69. The number of methoxy groups -OCH3 is 1. The summed E-state index contributed by atoms with van der Waals surface area (Å²) in [5.41, 5.74) is 2.03. The lowest BCUT2D eigenvalue weighted by molar-refractivity contribution is -0.139. The van der Waals surface area contributed by atoms with Crippen molar-refractivity contribution in [2.45, 2.75) is 19.9 Å². The Bertz CT molecular complexity index is 1390. The number of carbonyl (C=O) groups is 1. The number of esters is 1. The fraction of sp³-hybridized carbons (Fsp3) is 0.208. The highest BCUT2D eigenvalue weighted by atomic mass is 32.1. The lowest BCUT2D eigenvalue weighted by atomic mass is 9.96. The molecule has 4 rings (SSSR count). The number of carbonyl (C=O) groups excluding carboxylic acids is 1. The number of aromatic hydroxyl groups is 1. The second kappa shape index (κ2) is 8.84. The van der Waals surface area contributed by atoms with Gasteiger partial charge in [0.05, 0.1) is 35.6 Å². The summed E-state index contributed by atoms with van der Waals surface area (Å²) in [6.07, 6.45) is 1.69. The van der Waals surface area contributed by atoms with Crippen LogP contribution in [-0.4, -0.2) is 29.4 Å². The molecule has 7 nitrogen and oxygen atoms in total. The van der Waals surface area contributed by atoms with Gasteiger partial charge in [0.25, 0.3) is 5.56 Å². The molecular formula is C24H22N2O5S. The average Bonchev–Trinajstić information content (AvgIpc) is 3.08. The van der Waals surface area contributed by atoms with E-state index < -0.39 is 12.0 Å². The summed E-state index contributed by atoms with van der Waals surface area (Å²) in [5, 5.41) is 10.1. The van der Waals surface area contributed by atoms with E-state index in [1.165, 1.54) is 29.1 Å². The SMILES string of the molecule is CCOC(=O)C1=C(C)N=c2s/c(=C\c3ccc(OC)c(O)c3)c(=O)n2C1c1ccccc1. The fourth-order valence-corrected chi connectivity index (χ4v) is 4.74. The maximum Gasteiger partial charge on any atom is 0.338 e. The summed E-state index contributed by atoms with van der Waals surface area (Å²) < 4.78 is 12.3. The molecule has 32 heavy (non-hydrogen) atoms. The molecule has 1 aliphatic rings. The number of fused-ring (bicyclic) bond motifs is 1. The Morgan fingerprint density at radius 1 is 1.25 bits per heavy atom. The molecule has 0 fully saturated rings. The molecule has 0 spiro atoms. The van der Waals surface area contributed by atoms with Crippen molar-refractivity contribution in [1.29, 1.82) is 0 Å². The molecule has 0 aliphatic carbocycles. The van der Waals surface area contributed by atoms with E-state index >= 15 is 0 Å². The van der Waals surface area contributed by atoms with Gasteiger partial charge < -0.3 is 14.6 Å². The van der Waals surface area contributed by atoms with Gasteiger partial charge in [0, 0.05) is 0 Å². The van der Waals surface area contributed by atoms with Crippen LogP contribution in [0.15, 0.2) is 69.6 Å². The van der Waals surface area contributed by atoms with Gasteiger partial charge in [-0.15, -0.1) is 0 Å². The van der Waals surface area contributed by atoms with E-state index in [0.29, 0.717) is 31.9 Å². The number of phenols is 1. The summed E-state index contributed by atoms with van der Waals surface area (Å²) in [4.78, 5) is 31.3. The van der Waals surface area contributed by atoms with Crippen molar-refractivity contribution in [3.63, 3.8) is 0 Å². The summed E-state index contributed by atoms with van der Waals surface area (Å²) in [7, 11) is 1.47. The minimum absolute atomic E-state index is 0.0170. The quantitative estimate of drug-likeness (QED) is 0.604. The molecule has 8 heteroatoms. The molecule has 1 unspecified atom stereocenters. The second-order valence-corrected chi connectivity index (χ2v) is 8.15. The molecule has 2 aromatic carbocycles. The molecule has 164 valence electrons. The zero-order valence-corrected chi connectivity index (χ0v) is 18.7. The Morgan fingerprint density at radius 3 is 2.66 bits per heavy atom. The third-order valence-corrected chi connectivity index (χ3v) is 6.12. The van der Waals surface area contributed by atoms with Gasteiger partial charge in [-0.3, -0.25) is 9.36 Å². The van der Waals surface area contributed by atoms with E-state index in [2.05, 4.69) is 4.99 Å². The van der Waals surface area contributed by atoms with Gasteiger partial charge in [-0.2, -0.15) is 0 Å². The van der Waals surface area contributed by atoms with Crippen LogP contribution in [0.3, 0.4) is 0 Å². The van der Waals surface area contributed by atoms with Crippen molar-refractivity contribution in [3.8, 4) is 11.5 Å². The highest BCUT2D eigenvalue weighted by Gasteiger charge is 2.33. The predicted molar refractivity (Wildman–Crippen MR) is 121 cm³/mol. The van der Waals surface area contributed by atoms with Crippen LogP contribution in [0.25, 0.3) is 6.08 Å². The van der Waals surface area contributed by atoms with Crippen LogP contribution in [0.1, 0.15) is 31.0 Å². The summed E-state index contributed by atoms with van der Waals surface area (Å²) in [5.74, 6) is -0.157. The lowest BCUT2D eigenvalue weighted by Crippen LogP contribution is -2.39. The minimum Gasteiger partial charge on any atom is -0.504 e. The van der Waals surface area contributed by atoms with E-state index in [9.17, 15) is 14.7 Å². The Kier molecular flexibility index (Phi) is 5.96. The molecule has 1 N–H and O–H groups in total. The highest BCUT2D eigenvalue weighted by Crippen LogP contribution is 2.30. The monoisotopic (exact) mass is 450 g/mol. The zero-order valence-electron chi connectivity index (χ0n) is 17.9. The van der Waals surface area contributed by atoms with Gasteiger partial charge in [-0.1, -0.05) is 47.7 Å². The van der Waals surface area contributed by atoms with Crippen molar-refractivity contribution in [1.82, 2.24) is 4.57 Å². The van der Waals surface area contributed by atoms with Crippen molar-refractivity contribution >= 4 is 23.4 Å². The Balaban J connectivity index is 1.92. The van der Waals surface area contributed by atoms with Gasteiger partial charge in [0.2, 0.25) is 0 Å². The standard InChI is InChI=1S/C24H22N2O5S/c1-4-31-23(29)20-14(2)25-24-26(21(20)16-8-6-5-7-9-16)22(28)19(32-24)13-15-10-11-18(30-3)17(27)12-15/h5-13,21,27H,4H2,1-3H3/b19-13-. The number of ether oxygens (including phenoxy) is 2. The topological polar surface area (TPSA) is 90.1 Å². The number of rotatable bonds is 5. The minimum atomic E-state index is -0.641. The molecule has 1 atom stereocenters. The van der Waals surface area contributed by atoms with Crippen LogP contribution in [-0.2, 0) is 9.53 Å². The number of nitrogens with zero attached hydrogens (tertiary/aromatic N) is 2. The van der Waals surface area contributed by atoms with Crippen LogP contribution < -0.4 is 19.6 Å². The zero-order chi connectivity index (χ0) is 22.8. The van der Waals surface area contributed by atoms with Gasteiger partial charge in [0.1, 0.15) is 0 Å². The first-order chi connectivity index (χ1) is 15.4. The summed E-state index contributed by atoms with van der Waals surface area (Å²) in [6.45, 7) is 3.72. The number of hydrogen-bond donors (Lipinski definition) is 1. The van der Waals surface area contributed by atoms with Gasteiger partial charge in [-0.25, -0.2) is 9.79 Å².